The summed E-state index contributed by atoms with van der Waals surface area (Å²) in [5.74, 6) is 2.20. The second kappa shape index (κ2) is 6.72. The molecular weight excluding hydrogens is 332 g/mol. The number of likely N-dealkylation sites (tertiary alicyclic amines) is 1. The Kier molecular flexibility index (Phi) is 4.40. The van der Waals surface area contributed by atoms with Gasteiger partial charge in [-0.15, -0.1) is 0 Å². The van der Waals surface area contributed by atoms with Crippen LogP contribution in [-0.2, 0) is 4.74 Å². The first-order valence-electron chi connectivity index (χ1n) is 9.08. The fourth-order valence-corrected chi connectivity index (χ4v) is 3.83. The van der Waals surface area contributed by atoms with E-state index in [1.807, 2.05) is 24.8 Å². The Morgan fingerprint density at radius 3 is 2.77 bits per heavy atom. The molecule has 2 aromatic rings. The van der Waals surface area contributed by atoms with E-state index < -0.39 is 0 Å². The van der Waals surface area contributed by atoms with Gasteiger partial charge in [0.05, 0.1) is 13.1 Å². The number of amides is 1. The van der Waals surface area contributed by atoms with Crippen molar-refractivity contribution in [3.8, 4) is 0 Å². The Labute approximate surface area is 152 Å². The first-order valence-corrected chi connectivity index (χ1v) is 9.08. The molecule has 2 aliphatic rings. The van der Waals surface area contributed by atoms with Crippen LogP contribution in [0.4, 0.5) is 5.95 Å². The SMILES string of the molecule is Cc1cnc(NCC[C@@H]2CCOC23CN(C(=O)c2ccc(C)o2)C3)nc1. The molecule has 7 heteroatoms. The molecule has 2 saturated heterocycles. The lowest BCUT2D eigenvalue weighted by Gasteiger charge is -2.50. The monoisotopic (exact) mass is 356 g/mol. The fraction of sp³-hybridized carbons (Fsp3) is 0.526. The van der Waals surface area contributed by atoms with Crippen molar-refractivity contribution in [3.05, 3.63) is 41.6 Å². The molecular formula is C19H24N4O3. The molecule has 0 aliphatic carbocycles. The molecule has 1 N–H and O–H groups in total. The Bertz CT molecular complexity index is 780. The van der Waals surface area contributed by atoms with Gasteiger partial charge < -0.3 is 19.4 Å². The summed E-state index contributed by atoms with van der Waals surface area (Å²) in [4.78, 5) is 22.8. The molecule has 2 aromatic heterocycles. The number of nitrogens with one attached hydrogen (secondary N) is 1. The van der Waals surface area contributed by atoms with Crippen molar-refractivity contribution in [1.29, 1.82) is 0 Å². The molecule has 26 heavy (non-hydrogen) atoms. The van der Waals surface area contributed by atoms with Gasteiger partial charge in [0.15, 0.2) is 5.76 Å². The van der Waals surface area contributed by atoms with Gasteiger partial charge in [-0.05, 0) is 50.3 Å². The molecule has 0 radical (unpaired) electrons. The average Bonchev–Trinajstić information content (AvgIpc) is 3.21. The first kappa shape index (κ1) is 17.0. The van der Waals surface area contributed by atoms with Crippen LogP contribution in [0, 0.1) is 19.8 Å². The van der Waals surface area contributed by atoms with Gasteiger partial charge in [0.1, 0.15) is 11.4 Å². The van der Waals surface area contributed by atoms with E-state index in [9.17, 15) is 4.79 Å². The molecule has 0 bridgehead atoms. The molecule has 138 valence electrons. The quantitative estimate of drug-likeness (QED) is 0.886. The maximum Gasteiger partial charge on any atom is 0.289 e. The molecule has 2 aliphatic heterocycles. The third-order valence-corrected chi connectivity index (χ3v) is 5.31. The maximum absolute atomic E-state index is 12.5. The number of carbonyl (C=O) groups is 1. The summed E-state index contributed by atoms with van der Waals surface area (Å²) in [6.07, 6.45) is 5.61. The summed E-state index contributed by atoms with van der Waals surface area (Å²) in [5.41, 5.74) is 0.845. The van der Waals surface area contributed by atoms with Gasteiger partial charge in [0.25, 0.3) is 5.91 Å². The smallest absolute Gasteiger partial charge is 0.289 e. The van der Waals surface area contributed by atoms with Gasteiger partial charge in [-0.25, -0.2) is 9.97 Å². The molecule has 4 heterocycles. The Morgan fingerprint density at radius 1 is 1.31 bits per heavy atom. The summed E-state index contributed by atoms with van der Waals surface area (Å²) >= 11 is 0. The van der Waals surface area contributed by atoms with Gasteiger partial charge in [-0.3, -0.25) is 4.79 Å². The van der Waals surface area contributed by atoms with Gasteiger partial charge in [0.2, 0.25) is 5.95 Å². The van der Waals surface area contributed by atoms with Crippen LogP contribution in [0.2, 0.25) is 0 Å². The van der Waals surface area contributed by atoms with Gasteiger partial charge in [0, 0.05) is 25.5 Å². The summed E-state index contributed by atoms with van der Waals surface area (Å²) < 4.78 is 11.5. The number of hydrogen-bond acceptors (Lipinski definition) is 6. The number of ether oxygens (including phenoxy) is 1. The van der Waals surface area contributed by atoms with Crippen molar-refractivity contribution in [2.24, 2.45) is 5.92 Å². The molecule has 0 unspecified atom stereocenters. The summed E-state index contributed by atoms with van der Waals surface area (Å²) in [6.45, 7) is 6.64. The van der Waals surface area contributed by atoms with E-state index in [2.05, 4.69) is 15.3 Å². The highest BCUT2D eigenvalue weighted by molar-refractivity contribution is 5.92. The number of carbonyl (C=O) groups excluding carboxylic acids is 1. The van der Waals surface area contributed by atoms with Crippen LogP contribution >= 0.6 is 0 Å². The Morgan fingerprint density at radius 2 is 2.08 bits per heavy atom. The minimum absolute atomic E-state index is 0.0517. The normalized spacial score (nSPS) is 21.0. The van der Waals surface area contributed by atoms with Crippen LogP contribution in [0.5, 0.6) is 0 Å². The highest BCUT2D eigenvalue weighted by Crippen LogP contribution is 2.42. The number of aryl methyl sites for hydroxylation is 2. The lowest BCUT2D eigenvalue weighted by atomic mass is 9.79. The number of nitrogens with zero attached hydrogens (tertiary/aromatic N) is 3. The van der Waals surface area contributed by atoms with E-state index in [-0.39, 0.29) is 11.5 Å². The third kappa shape index (κ3) is 3.19. The molecule has 2 fully saturated rings. The van der Waals surface area contributed by atoms with Gasteiger partial charge >= 0.3 is 0 Å². The van der Waals surface area contributed by atoms with E-state index in [1.165, 1.54) is 0 Å². The summed E-state index contributed by atoms with van der Waals surface area (Å²) in [5, 5.41) is 3.27. The molecule has 1 atom stereocenters. The number of aromatic nitrogens is 2. The van der Waals surface area contributed by atoms with E-state index in [4.69, 9.17) is 9.15 Å². The van der Waals surface area contributed by atoms with E-state index >= 15 is 0 Å². The van der Waals surface area contributed by atoms with Crippen LogP contribution in [0.25, 0.3) is 0 Å². The largest absolute Gasteiger partial charge is 0.456 e. The van der Waals surface area contributed by atoms with Crippen molar-refractivity contribution in [2.75, 3.05) is 31.6 Å². The topological polar surface area (TPSA) is 80.5 Å². The zero-order valence-electron chi connectivity index (χ0n) is 15.2. The minimum atomic E-state index is -0.201. The maximum atomic E-state index is 12.5. The van der Waals surface area contributed by atoms with Crippen LogP contribution < -0.4 is 5.32 Å². The van der Waals surface area contributed by atoms with Crippen molar-refractivity contribution in [1.82, 2.24) is 14.9 Å². The van der Waals surface area contributed by atoms with E-state index in [1.54, 1.807) is 18.5 Å². The summed E-state index contributed by atoms with van der Waals surface area (Å²) in [7, 11) is 0. The lowest BCUT2D eigenvalue weighted by molar-refractivity contribution is -0.118. The molecule has 4 rings (SSSR count). The van der Waals surface area contributed by atoms with Gasteiger partial charge in [-0.1, -0.05) is 0 Å². The standard InChI is InChI=1S/C19H24N4O3/c1-13-9-21-18(22-10-13)20-7-5-15-6-8-25-19(15)11-23(12-19)17(24)16-4-3-14(2)26-16/h3-4,9-10,15H,5-8,11-12H2,1-2H3,(H,20,21,22)/t15-/m1/s1. The summed E-state index contributed by atoms with van der Waals surface area (Å²) in [6, 6.07) is 3.55. The van der Waals surface area contributed by atoms with Crippen LogP contribution in [0.3, 0.4) is 0 Å². The minimum Gasteiger partial charge on any atom is -0.456 e. The molecule has 1 spiro atoms. The zero-order valence-corrected chi connectivity index (χ0v) is 15.2. The third-order valence-electron chi connectivity index (χ3n) is 5.31. The second-order valence-corrected chi connectivity index (χ2v) is 7.27. The molecule has 0 aromatic carbocycles. The number of furan rings is 1. The molecule has 1 amide bonds. The predicted molar refractivity (Wildman–Crippen MR) is 96.0 cm³/mol. The highest BCUT2D eigenvalue weighted by Gasteiger charge is 2.54. The highest BCUT2D eigenvalue weighted by atomic mass is 16.5. The number of rotatable bonds is 5. The van der Waals surface area contributed by atoms with Crippen molar-refractivity contribution >= 4 is 11.9 Å². The molecule has 0 saturated carbocycles. The zero-order chi connectivity index (χ0) is 18.1. The second-order valence-electron chi connectivity index (χ2n) is 7.27. The Balaban J connectivity index is 1.30. The van der Waals surface area contributed by atoms with Crippen LogP contribution in [-0.4, -0.2) is 52.6 Å². The predicted octanol–water partition coefficient (Wildman–Crippen LogP) is 2.42. The van der Waals surface area contributed by atoms with E-state index in [0.29, 0.717) is 30.7 Å². The van der Waals surface area contributed by atoms with Crippen LogP contribution in [0.15, 0.2) is 28.9 Å². The van der Waals surface area contributed by atoms with Gasteiger partial charge in [-0.2, -0.15) is 0 Å². The first-order chi connectivity index (χ1) is 12.6. The van der Waals surface area contributed by atoms with Crippen LogP contribution in [0.1, 0.15) is 34.7 Å². The van der Waals surface area contributed by atoms with E-state index in [0.717, 1.165) is 37.3 Å². The van der Waals surface area contributed by atoms with Crippen molar-refractivity contribution < 1.29 is 13.9 Å². The lowest BCUT2D eigenvalue weighted by Crippen LogP contribution is -2.66. The van der Waals surface area contributed by atoms with Crippen molar-refractivity contribution in [3.63, 3.8) is 0 Å². The number of hydrogen-bond donors (Lipinski definition) is 1. The fourth-order valence-electron chi connectivity index (χ4n) is 3.83. The molecule has 7 nitrogen and oxygen atoms in total. The number of anilines is 1. The van der Waals surface area contributed by atoms with Crippen molar-refractivity contribution in [2.45, 2.75) is 32.3 Å². The average molecular weight is 356 g/mol. The Hall–Kier alpha value is -2.41.